The SMILES string of the molecule is CCCCC1CCC(C(C(=O)C(C2CCCCC2)C2CCC(CCCC)CC2)C2CCCCC2)CC1. The fourth-order valence-electron chi connectivity index (χ4n) is 9.57. The van der Waals surface area contributed by atoms with Gasteiger partial charge in [0.1, 0.15) is 5.78 Å². The van der Waals surface area contributed by atoms with Crippen molar-refractivity contribution in [1.82, 2.24) is 0 Å². The van der Waals surface area contributed by atoms with Crippen molar-refractivity contribution < 1.29 is 4.79 Å². The van der Waals surface area contributed by atoms with Gasteiger partial charge in [-0.1, -0.05) is 117 Å². The Morgan fingerprint density at radius 2 is 0.833 bits per heavy atom. The van der Waals surface area contributed by atoms with Gasteiger partial charge in [-0.15, -0.1) is 0 Å². The van der Waals surface area contributed by atoms with Crippen LogP contribution in [-0.4, -0.2) is 5.78 Å². The van der Waals surface area contributed by atoms with Crippen molar-refractivity contribution in [2.45, 2.75) is 168 Å². The Hall–Kier alpha value is -0.330. The minimum Gasteiger partial charge on any atom is -0.299 e. The Morgan fingerprint density at radius 1 is 0.500 bits per heavy atom. The zero-order valence-electron chi connectivity index (χ0n) is 24.5. The van der Waals surface area contributed by atoms with E-state index < -0.39 is 0 Å². The monoisotopic (exact) mass is 498 g/mol. The predicted octanol–water partition coefficient (Wildman–Crippen LogP) is 10.9. The van der Waals surface area contributed by atoms with Crippen LogP contribution in [0, 0.1) is 47.3 Å². The maximum absolute atomic E-state index is 14.9. The number of Topliss-reactive ketones (excluding diaryl/α,β-unsaturated/α-hetero) is 1. The third-order valence-electron chi connectivity index (χ3n) is 11.7. The molecule has 0 bridgehead atoms. The average Bonchev–Trinajstić information content (AvgIpc) is 2.94. The van der Waals surface area contributed by atoms with Crippen molar-refractivity contribution in [2.24, 2.45) is 47.3 Å². The molecule has 0 radical (unpaired) electrons. The summed E-state index contributed by atoms with van der Waals surface area (Å²) in [5.74, 6) is 6.43. The van der Waals surface area contributed by atoms with Crippen molar-refractivity contribution in [3.05, 3.63) is 0 Å². The van der Waals surface area contributed by atoms with Gasteiger partial charge in [-0.2, -0.15) is 0 Å². The number of carbonyl (C=O) groups excluding carboxylic acids is 1. The lowest BCUT2D eigenvalue weighted by atomic mass is 9.59. The summed E-state index contributed by atoms with van der Waals surface area (Å²) in [6.45, 7) is 4.68. The highest BCUT2D eigenvalue weighted by atomic mass is 16.1. The molecule has 4 aliphatic rings. The van der Waals surface area contributed by atoms with Crippen LogP contribution < -0.4 is 0 Å². The zero-order valence-corrected chi connectivity index (χ0v) is 24.5. The zero-order chi connectivity index (χ0) is 25.2. The van der Waals surface area contributed by atoms with E-state index in [1.54, 1.807) is 0 Å². The minimum atomic E-state index is 0.419. The van der Waals surface area contributed by atoms with E-state index in [4.69, 9.17) is 0 Å². The molecule has 4 rings (SSSR count). The van der Waals surface area contributed by atoms with Gasteiger partial charge >= 0.3 is 0 Å². The highest BCUT2D eigenvalue weighted by Gasteiger charge is 2.45. The van der Waals surface area contributed by atoms with E-state index in [0.29, 0.717) is 23.7 Å². The number of ketones is 1. The van der Waals surface area contributed by atoms with Crippen molar-refractivity contribution in [1.29, 1.82) is 0 Å². The molecular formula is C35H62O. The van der Waals surface area contributed by atoms with E-state index in [1.807, 2.05) is 0 Å². The molecule has 0 spiro atoms. The largest absolute Gasteiger partial charge is 0.299 e. The lowest BCUT2D eigenvalue weighted by Gasteiger charge is -2.44. The van der Waals surface area contributed by atoms with E-state index in [1.165, 1.54) is 154 Å². The lowest BCUT2D eigenvalue weighted by molar-refractivity contribution is -0.137. The van der Waals surface area contributed by atoms with Crippen LogP contribution in [0.3, 0.4) is 0 Å². The molecule has 1 heteroatoms. The van der Waals surface area contributed by atoms with Crippen LogP contribution in [0.2, 0.25) is 0 Å². The van der Waals surface area contributed by atoms with Crippen LogP contribution in [0.4, 0.5) is 0 Å². The van der Waals surface area contributed by atoms with Gasteiger partial charge in [-0.3, -0.25) is 4.79 Å². The molecule has 4 aliphatic carbocycles. The van der Waals surface area contributed by atoms with Gasteiger partial charge in [0.05, 0.1) is 0 Å². The molecule has 0 amide bonds. The Bertz CT molecular complexity index is 544. The van der Waals surface area contributed by atoms with Gasteiger partial charge in [-0.05, 0) is 86.9 Å². The molecule has 0 N–H and O–H groups in total. The summed E-state index contributed by atoms with van der Waals surface area (Å²) in [6, 6.07) is 0. The van der Waals surface area contributed by atoms with Crippen molar-refractivity contribution in [3.8, 4) is 0 Å². The van der Waals surface area contributed by atoms with Gasteiger partial charge in [0.2, 0.25) is 0 Å². The Balaban J connectivity index is 1.49. The average molecular weight is 499 g/mol. The number of hydrogen-bond donors (Lipinski definition) is 0. The van der Waals surface area contributed by atoms with Crippen LogP contribution >= 0.6 is 0 Å². The Labute approximate surface area is 225 Å². The van der Waals surface area contributed by atoms with Crippen LogP contribution in [0.5, 0.6) is 0 Å². The first-order valence-electron chi connectivity index (χ1n) is 17.2. The lowest BCUT2D eigenvalue weighted by Crippen LogP contribution is -2.43. The molecule has 0 saturated heterocycles. The smallest absolute Gasteiger partial charge is 0.140 e. The summed E-state index contributed by atoms with van der Waals surface area (Å²) in [5, 5.41) is 0. The first-order valence-corrected chi connectivity index (χ1v) is 17.2. The van der Waals surface area contributed by atoms with E-state index in [2.05, 4.69) is 13.8 Å². The fourth-order valence-corrected chi connectivity index (χ4v) is 9.57. The molecule has 2 atom stereocenters. The Morgan fingerprint density at radius 3 is 1.17 bits per heavy atom. The summed E-state index contributed by atoms with van der Waals surface area (Å²) in [7, 11) is 0. The van der Waals surface area contributed by atoms with E-state index in [0.717, 1.165) is 29.5 Å². The first-order chi connectivity index (χ1) is 17.7. The van der Waals surface area contributed by atoms with E-state index >= 15 is 0 Å². The van der Waals surface area contributed by atoms with Crippen LogP contribution in [-0.2, 0) is 4.79 Å². The molecule has 0 aromatic carbocycles. The van der Waals surface area contributed by atoms with Crippen molar-refractivity contribution >= 4 is 5.78 Å². The first kappa shape index (κ1) is 28.7. The summed E-state index contributed by atoms with van der Waals surface area (Å²) >= 11 is 0. The molecule has 208 valence electrons. The summed E-state index contributed by atoms with van der Waals surface area (Å²) < 4.78 is 0. The number of rotatable bonds is 12. The second kappa shape index (κ2) is 15.3. The number of unbranched alkanes of at least 4 members (excludes halogenated alkanes) is 2. The molecule has 0 aromatic heterocycles. The predicted molar refractivity (Wildman–Crippen MR) is 155 cm³/mol. The van der Waals surface area contributed by atoms with Crippen molar-refractivity contribution in [3.63, 3.8) is 0 Å². The summed E-state index contributed by atoms with van der Waals surface area (Å²) in [6.07, 6.45) is 33.3. The van der Waals surface area contributed by atoms with Crippen LogP contribution in [0.25, 0.3) is 0 Å². The van der Waals surface area contributed by atoms with Gasteiger partial charge in [-0.25, -0.2) is 0 Å². The standard InChI is InChI=1S/C35H62O/c1-3-5-13-27-19-23-31(24-20-27)33(29-15-9-7-10-16-29)35(36)34(30-17-11-8-12-18-30)32-25-21-28(22-26-32)14-6-4-2/h27-34H,3-26H2,1-2H3. The van der Waals surface area contributed by atoms with E-state index in [9.17, 15) is 4.79 Å². The molecule has 1 nitrogen and oxygen atoms in total. The molecule has 0 aliphatic heterocycles. The maximum atomic E-state index is 14.9. The summed E-state index contributed by atoms with van der Waals surface area (Å²) in [5.41, 5.74) is 0. The Kier molecular flexibility index (Phi) is 12.2. The second-order valence-corrected chi connectivity index (χ2v) is 14.1. The van der Waals surface area contributed by atoms with Crippen LogP contribution in [0.15, 0.2) is 0 Å². The van der Waals surface area contributed by atoms with Gasteiger partial charge < -0.3 is 0 Å². The highest BCUT2D eigenvalue weighted by Crippen LogP contribution is 2.49. The quantitative estimate of drug-likeness (QED) is 0.261. The molecule has 0 heterocycles. The number of hydrogen-bond acceptors (Lipinski definition) is 1. The molecule has 36 heavy (non-hydrogen) atoms. The molecule has 2 unspecified atom stereocenters. The molecule has 4 fully saturated rings. The summed E-state index contributed by atoms with van der Waals surface area (Å²) in [4.78, 5) is 14.9. The van der Waals surface area contributed by atoms with Gasteiger partial charge in [0.15, 0.2) is 0 Å². The number of carbonyl (C=O) groups is 1. The second-order valence-electron chi connectivity index (χ2n) is 14.1. The maximum Gasteiger partial charge on any atom is 0.140 e. The van der Waals surface area contributed by atoms with Gasteiger partial charge in [0.25, 0.3) is 0 Å². The van der Waals surface area contributed by atoms with Crippen LogP contribution in [0.1, 0.15) is 168 Å². The molecule has 0 aromatic rings. The minimum absolute atomic E-state index is 0.419. The van der Waals surface area contributed by atoms with E-state index in [-0.39, 0.29) is 0 Å². The highest BCUT2D eigenvalue weighted by molar-refractivity contribution is 5.84. The van der Waals surface area contributed by atoms with Gasteiger partial charge in [0, 0.05) is 11.8 Å². The van der Waals surface area contributed by atoms with Crippen molar-refractivity contribution in [2.75, 3.05) is 0 Å². The normalized spacial score (nSPS) is 32.7. The topological polar surface area (TPSA) is 17.1 Å². The fraction of sp³-hybridized carbons (Fsp3) is 0.971. The third-order valence-corrected chi connectivity index (χ3v) is 11.7. The third kappa shape index (κ3) is 7.85. The molecule has 4 saturated carbocycles. The molecular weight excluding hydrogens is 436 g/mol.